The van der Waals surface area contributed by atoms with Crippen LogP contribution < -0.4 is 5.32 Å². The average molecular weight is 411 g/mol. The van der Waals surface area contributed by atoms with Crippen molar-refractivity contribution in [2.24, 2.45) is 7.05 Å². The van der Waals surface area contributed by atoms with E-state index in [1.165, 1.54) is 6.20 Å². The summed E-state index contributed by atoms with van der Waals surface area (Å²) in [5.41, 5.74) is 1.89. The number of carbonyl (C=O) groups is 1. The number of rotatable bonds is 5. The van der Waals surface area contributed by atoms with Crippen molar-refractivity contribution in [3.05, 3.63) is 48.4 Å². The summed E-state index contributed by atoms with van der Waals surface area (Å²) in [7, 11) is 5.23. The Morgan fingerprint density at radius 1 is 1.20 bits per heavy atom. The summed E-state index contributed by atoms with van der Waals surface area (Å²) in [5.74, 6) is -2.02. The van der Waals surface area contributed by atoms with E-state index in [-0.39, 0.29) is 29.4 Å². The van der Waals surface area contributed by atoms with Crippen LogP contribution >= 0.6 is 0 Å². The van der Waals surface area contributed by atoms with Crippen molar-refractivity contribution in [3.8, 4) is 22.5 Å². The first-order chi connectivity index (χ1) is 14.3. The minimum atomic E-state index is -0.826. The monoisotopic (exact) mass is 411 g/mol. The van der Waals surface area contributed by atoms with Gasteiger partial charge in [-0.3, -0.25) is 19.6 Å². The molecule has 4 aromatic rings. The summed E-state index contributed by atoms with van der Waals surface area (Å²) in [6.45, 7) is 0.0980. The smallest absolute Gasteiger partial charge is 0.238 e. The zero-order valence-electron chi connectivity index (χ0n) is 16.6. The third-order valence-electron chi connectivity index (χ3n) is 4.47. The zero-order valence-corrected chi connectivity index (χ0v) is 16.6. The maximum atomic E-state index is 14.8. The highest BCUT2D eigenvalue weighted by molar-refractivity contribution is 5.95. The highest BCUT2D eigenvalue weighted by Gasteiger charge is 2.18. The van der Waals surface area contributed by atoms with Gasteiger partial charge in [0.15, 0.2) is 0 Å². The fourth-order valence-electron chi connectivity index (χ4n) is 3.19. The number of fused-ring (bicyclic) bond motifs is 1. The van der Waals surface area contributed by atoms with Crippen molar-refractivity contribution in [1.29, 1.82) is 0 Å². The van der Waals surface area contributed by atoms with E-state index in [0.717, 1.165) is 17.7 Å². The van der Waals surface area contributed by atoms with E-state index in [0.29, 0.717) is 16.6 Å². The molecule has 0 radical (unpaired) electrons. The van der Waals surface area contributed by atoms with Gasteiger partial charge >= 0.3 is 0 Å². The first-order valence-corrected chi connectivity index (χ1v) is 9.09. The second-order valence-electron chi connectivity index (χ2n) is 7.19. The molecule has 0 saturated carbocycles. The van der Waals surface area contributed by atoms with Crippen LogP contribution in [0.1, 0.15) is 0 Å². The molecule has 10 heteroatoms. The van der Waals surface area contributed by atoms with Crippen LogP contribution in [0, 0.1) is 11.6 Å². The van der Waals surface area contributed by atoms with Crippen molar-refractivity contribution in [1.82, 2.24) is 29.9 Å². The summed E-state index contributed by atoms with van der Waals surface area (Å²) in [6.07, 6.45) is 4.92. The van der Waals surface area contributed by atoms with Gasteiger partial charge < -0.3 is 10.2 Å². The van der Waals surface area contributed by atoms with Crippen molar-refractivity contribution >= 4 is 22.5 Å². The van der Waals surface area contributed by atoms with Gasteiger partial charge in [0.05, 0.1) is 35.7 Å². The maximum absolute atomic E-state index is 14.8. The lowest BCUT2D eigenvalue weighted by Crippen LogP contribution is -2.27. The van der Waals surface area contributed by atoms with Gasteiger partial charge in [-0.05, 0) is 32.3 Å². The van der Waals surface area contributed by atoms with E-state index in [1.54, 1.807) is 49.2 Å². The SMILES string of the molecule is CN(C)CC(=O)Nc1cc(F)c(-c2cc3c(-c4cnn(C)c4)n[nH]c3cn2)c(F)c1. The number of H-pyrrole nitrogens is 1. The molecule has 3 aromatic heterocycles. The molecule has 0 spiro atoms. The molecule has 154 valence electrons. The third kappa shape index (κ3) is 3.77. The Balaban J connectivity index is 1.72. The molecule has 0 unspecified atom stereocenters. The number of aryl methyl sites for hydroxylation is 1. The van der Waals surface area contributed by atoms with Crippen molar-refractivity contribution < 1.29 is 13.6 Å². The summed E-state index contributed by atoms with van der Waals surface area (Å²) < 4.78 is 31.2. The fraction of sp³-hybridized carbons (Fsp3) is 0.200. The van der Waals surface area contributed by atoms with Gasteiger partial charge in [-0.2, -0.15) is 10.2 Å². The van der Waals surface area contributed by atoms with E-state index in [9.17, 15) is 13.6 Å². The number of nitrogens with one attached hydrogen (secondary N) is 2. The van der Waals surface area contributed by atoms with Crippen LogP contribution in [0.3, 0.4) is 0 Å². The van der Waals surface area contributed by atoms with Gasteiger partial charge in [-0.25, -0.2) is 8.78 Å². The molecule has 8 nitrogen and oxygen atoms in total. The van der Waals surface area contributed by atoms with E-state index in [4.69, 9.17) is 0 Å². The molecule has 2 N–H and O–H groups in total. The maximum Gasteiger partial charge on any atom is 0.238 e. The Hall–Kier alpha value is -3.66. The van der Waals surface area contributed by atoms with E-state index < -0.39 is 11.6 Å². The second-order valence-corrected chi connectivity index (χ2v) is 7.19. The number of aromatic amines is 1. The van der Waals surface area contributed by atoms with Crippen LogP contribution in [-0.2, 0) is 11.8 Å². The van der Waals surface area contributed by atoms with Gasteiger partial charge in [0, 0.05) is 29.9 Å². The number of likely N-dealkylation sites (N-methyl/N-ethyl adjacent to an activating group) is 1. The quantitative estimate of drug-likeness (QED) is 0.527. The Morgan fingerprint density at radius 3 is 2.57 bits per heavy atom. The Bertz CT molecular complexity index is 1220. The van der Waals surface area contributed by atoms with E-state index >= 15 is 0 Å². The zero-order chi connectivity index (χ0) is 21.4. The number of benzene rings is 1. The van der Waals surface area contributed by atoms with Crippen LogP contribution in [0.2, 0.25) is 0 Å². The molecular weight excluding hydrogens is 392 g/mol. The second kappa shape index (κ2) is 7.64. The molecule has 0 fully saturated rings. The fourth-order valence-corrected chi connectivity index (χ4v) is 3.19. The highest BCUT2D eigenvalue weighted by atomic mass is 19.1. The minimum absolute atomic E-state index is 0.0426. The molecule has 0 atom stereocenters. The predicted molar refractivity (Wildman–Crippen MR) is 109 cm³/mol. The number of nitrogens with zero attached hydrogens (tertiary/aromatic N) is 5. The molecule has 3 heterocycles. The lowest BCUT2D eigenvalue weighted by molar-refractivity contribution is -0.116. The van der Waals surface area contributed by atoms with Crippen LogP contribution in [0.4, 0.5) is 14.5 Å². The Labute approximate surface area is 170 Å². The van der Waals surface area contributed by atoms with Crippen LogP contribution in [-0.4, -0.2) is 56.4 Å². The molecule has 0 aliphatic heterocycles. The first kappa shape index (κ1) is 19.6. The van der Waals surface area contributed by atoms with Gasteiger partial charge in [0.2, 0.25) is 5.91 Å². The number of carbonyl (C=O) groups excluding carboxylic acids is 1. The summed E-state index contributed by atoms with van der Waals surface area (Å²) >= 11 is 0. The Morgan fingerprint density at radius 2 is 1.93 bits per heavy atom. The number of hydrogen-bond donors (Lipinski definition) is 2. The first-order valence-electron chi connectivity index (χ1n) is 9.09. The molecule has 4 rings (SSSR count). The largest absolute Gasteiger partial charge is 0.325 e. The minimum Gasteiger partial charge on any atom is -0.325 e. The average Bonchev–Trinajstić information content (AvgIpc) is 3.25. The molecular formula is C20H19F2N7O. The summed E-state index contributed by atoms with van der Waals surface area (Å²) in [4.78, 5) is 17.7. The van der Waals surface area contributed by atoms with Crippen molar-refractivity contribution in [2.75, 3.05) is 26.0 Å². The number of anilines is 1. The van der Waals surface area contributed by atoms with Crippen molar-refractivity contribution in [2.45, 2.75) is 0 Å². The number of amides is 1. The molecule has 0 saturated heterocycles. The number of halogens is 2. The molecule has 0 aliphatic rings. The van der Waals surface area contributed by atoms with E-state index in [2.05, 4.69) is 25.6 Å². The lowest BCUT2D eigenvalue weighted by Gasteiger charge is -2.12. The van der Waals surface area contributed by atoms with Gasteiger partial charge in [0.1, 0.15) is 17.3 Å². The lowest BCUT2D eigenvalue weighted by atomic mass is 10.1. The van der Waals surface area contributed by atoms with Gasteiger partial charge in [0.25, 0.3) is 0 Å². The number of pyridine rings is 1. The van der Waals surface area contributed by atoms with Crippen LogP contribution in [0.25, 0.3) is 33.4 Å². The highest BCUT2D eigenvalue weighted by Crippen LogP contribution is 2.32. The molecule has 1 aromatic carbocycles. The van der Waals surface area contributed by atoms with Crippen molar-refractivity contribution in [3.63, 3.8) is 0 Å². The predicted octanol–water partition coefficient (Wildman–Crippen LogP) is 2.80. The number of aromatic nitrogens is 5. The standard InChI is InChI=1S/C20H19F2N7O/c1-28(2)10-18(30)25-12-4-14(21)19(15(22)5-12)16-6-13-17(8-23-16)26-27-20(13)11-7-24-29(3)9-11/h4-9H,10H2,1-3H3,(H,25,30)(H,26,27). The molecule has 0 aliphatic carbocycles. The molecule has 30 heavy (non-hydrogen) atoms. The van der Waals surface area contributed by atoms with Gasteiger partial charge in [-0.1, -0.05) is 0 Å². The third-order valence-corrected chi connectivity index (χ3v) is 4.47. The summed E-state index contributed by atoms with van der Waals surface area (Å²) in [6, 6.07) is 3.73. The Kier molecular flexibility index (Phi) is 5.00. The number of hydrogen-bond acceptors (Lipinski definition) is 5. The molecule has 0 bridgehead atoms. The topological polar surface area (TPSA) is 91.7 Å². The van der Waals surface area contributed by atoms with Crippen LogP contribution in [0.5, 0.6) is 0 Å². The van der Waals surface area contributed by atoms with Gasteiger partial charge in [-0.15, -0.1) is 0 Å². The normalized spacial score (nSPS) is 11.4. The van der Waals surface area contributed by atoms with Crippen LogP contribution in [0.15, 0.2) is 36.8 Å². The summed E-state index contributed by atoms with van der Waals surface area (Å²) in [5, 5.41) is 14.4. The van der Waals surface area contributed by atoms with E-state index in [1.807, 2.05) is 0 Å². The molecule has 1 amide bonds.